The smallest absolute Gasteiger partial charge is 0.233 e. The molecule has 2 atom stereocenters. The molecule has 0 bridgehead atoms. The Bertz CT molecular complexity index is 915. The first-order valence-corrected chi connectivity index (χ1v) is 11.6. The van der Waals surface area contributed by atoms with E-state index >= 15 is 0 Å². The average molecular weight is 417 g/mol. The van der Waals surface area contributed by atoms with E-state index in [2.05, 4.69) is 15.0 Å². The van der Waals surface area contributed by atoms with Crippen molar-refractivity contribution in [1.82, 2.24) is 19.9 Å². The van der Waals surface area contributed by atoms with Crippen LogP contribution in [0.5, 0.6) is 0 Å². The summed E-state index contributed by atoms with van der Waals surface area (Å²) >= 11 is 7.20. The lowest BCUT2D eigenvalue weighted by Crippen LogP contribution is -2.47. The Kier molecular flexibility index (Phi) is 5.78. The molecule has 1 aliphatic rings. The predicted molar refractivity (Wildman–Crippen MR) is 103 cm³/mol. The van der Waals surface area contributed by atoms with Gasteiger partial charge in [-0.3, -0.25) is 4.79 Å². The number of hydrogen-bond acceptors (Lipinski definition) is 6. The zero-order chi connectivity index (χ0) is 18.9. The van der Waals surface area contributed by atoms with Crippen molar-refractivity contribution < 1.29 is 13.2 Å². The maximum atomic E-state index is 12.8. The fourth-order valence-electron chi connectivity index (χ4n) is 3.13. The van der Waals surface area contributed by atoms with Gasteiger partial charge in [-0.25, -0.2) is 18.4 Å². The minimum absolute atomic E-state index is 0.00227. The SMILES string of the molecule is CC[C@@H](C)N(C(=O)CSc1nc2ncc(Cl)cc2[nH]1)[C@H]1CCS(=O)(=O)C1. The summed E-state index contributed by atoms with van der Waals surface area (Å²) in [6.07, 6.45) is 2.81. The fraction of sp³-hybridized carbons (Fsp3) is 0.562. The molecule has 2 aromatic rings. The molecule has 0 radical (unpaired) electrons. The lowest BCUT2D eigenvalue weighted by molar-refractivity contribution is -0.132. The van der Waals surface area contributed by atoms with Crippen LogP contribution in [0.15, 0.2) is 17.4 Å². The van der Waals surface area contributed by atoms with Crippen LogP contribution in [0.4, 0.5) is 0 Å². The van der Waals surface area contributed by atoms with Gasteiger partial charge in [0.2, 0.25) is 5.91 Å². The monoisotopic (exact) mass is 416 g/mol. The zero-order valence-electron chi connectivity index (χ0n) is 14.6. The number of imidazole rings is 1. The Hall–Kier alpha value is -1.32. The van der Waals surface area contributed by atoms with Crippen LogP contribution in [0.25, 0.3) is 11.2 Å². The quantitative estimate of drug-likeness (QED) is 0.727. The van der Waals surface area contributed by atoms with E-state index in [0.717, 1.165) is 6.42 Å². The van der Waals surface area contributed by atoms with Gasteiger partial charge in [0.05, 0.1) is 27.8 Å². The van der Waals surface area contributed by atoms with Gasteiger partial charge in [0, 0.05) is 18.3 Å². The number of aromatic amines is 1. The number of sulfone groups is 1. The molecule has 0 aromatic carbocycles. The minimum Gasteiger partial charge on any atom is -0.335 e. The molecule has 10 heteroatoms. The Labute approximate surface area is 161 Å². The number of fused-ring (bicyclic) bond motifs is 1. The van der Waals surface area contributed by atoms with E-state index in [0.29, 0.717) is 27.8 Å². The van der Waals surface area contributed by atoms with Gasteiger partial charge in [0.1, 0.15) is 0 Å². The van der Waals surface area contributed by atoms with Crippen molar-refractivity contribution in [3.05, 3.63) is 17.3 Å². The van der Waals surface area contributed by atoms with Crippen molar-refractivity contribution in [1.29, 1.82) is 0 Å². The molecule has 3 rings (SSSR count). The third kappa shape index (κ3) is 4.32. The van der Waals surface area contributed by atoms with Crippen LogP contribution in [0, 0.1) is 0 Å². The van der Waals surface area contributed by atoms with Gasteiger partial charge >= 0.3 is 0 Å². The van der Waals surface area contributed by atoms with Gasteiger partial charge in [-0.05, 0) is 25.8 Å². The maximum Gasteiger partial charge on any atom is 0.233 e. The lowest BCUT2D eigenvalue weighted by atomic mass is 10.1. The molecule has 1 amide bonds. The van der Waals surface area contributed by atoms with Gasteiger partial charge in [0.25, 0.3) is 0 Å². The Morgan fingerprint density at radius 2 is 2.31 bits per heavy atom. The normalized spacial score (nSPS) is 20.3. The number of rotatable bonds is 6. The minimum atomic E-state index is -3.04. The van der Waals surface area contributed by atoms with Crippen molar-refractivity contribution >= 4 is 50.3 Å². The number of halogens is 1. The van der Waals surface area contributed by atoms with Crippen LogP contribution >= 0.6 is 23.4 Å². The molecule has 3 heterocycles. The lowest BCUT2D eigenvalue weighted by Gasteiger charge is -2.33. The first kappa shape index (κ1) is 19.4. The number of pyridine rings is 1. The second-order valence-electron chi connectivity index (χ2n) is 6.47. The van der Waals surface area contributed by atoms with Gasteiger partial charge in [-0.1, -0.05) is 30.3 Å². The van der Waals surface area contributed by atoms with Crippen LogP contribution < -0.4 is 0 Å². The summed E-state index contributed by atoms with van der Waals surface area (Å²) in [4.78, 5) is 26.1. The molecule has 0 saturated carbocycles. The summed E-state index contributed by atoms with van der Waals surface area (Å²) < 4.78 is 23.6. The predicted octanol–water partition coefficient (Wildman–Crippen LogP) is 2.52. The van der Waals surface area contributed by atoms with Gasteiger partial charge in [0.15, 0.2) is 20.6 Å². The van der Waals surface area contributed by atoms with Gasteiger partial charge in [-0.15, -0.1) is 0 Å². The van der Waals surface area contributed by atoms with Crippen LogP contribution in [0.3, 0.4) is 0 Å². The highest BCUT2D eigenvalue weighted by Crippen LogP contribution is 2.25. The van der Waals surface area contributed by atoms with Crippen molar-refractivity contribution in [2.24, 2.45) is 0 Å². The second-order valence-corrected chi connectivity index (χ2v) is 10.1. The number of thioether (sulfide) groups is 1. The molecule has 0 spiro atoms. The topological polar surface area (TPSA) is 96.0 Å². The number of nitrogens with one attached hydrogen (secondary N) is 1. The van der Waals surface area contributed by atoms with E-state index in [1.807, 2.05) is 13.8 Å². The van der Waals surface area contributed by atoms with Crippen LogP contribution in [0.2, 0.25) is 5.02 Å². The van der Waals surface area contributed by atoms with Gasteiger partial charge < -0.3 is 9.88 Å². The largest absolute Gasteiger partial charge is 0.335 e. The Morgan fingerprint density at radius 1 is 1.54 bits per heavy atom. The summed E-state index contributed by atoms with van der Waals surface area (Å²) in [5, 5.41) is 1.10. The zero-order valence-corrected chi connectivity index (χ0v) is 17.0. The van der Waals surface area contributed by atoms with Crippen LogP contribution in [0.1, 0.15) is 26.7 Å². The molecular formula is C16H21ClN4O3S2. The van der Waals surface area contributed by atoms with E-state index in [4.69, 9.17) is 11.6 Å². The molecule has 2 aromatic heterocycles. The molecule has 1 aliphatic heterocycles. The van der Waals surface area contributed by atoms with Crippen molar-refractivity contribution in [3.8, 4) is 0 Å². The van der Waals surface area contributed by atoms with E-state index < -0.39 is 9.84 Å². The van der Waals surface area contributed by atoms with Crippen LogP contribution in [-0.2, 0) is 14.6 Å². The summed E-state index contributed by atoms with van der Waals surface area (Å²) in [6, 6.07) is 1.49. The van der Waals surface area contributed by atoms with E-state index in [-0.39, 0.29) is 35.2 Å². The second kappa shape index (κ2) is 7.74. The third-order valence-electron chi connectivity index (χ3n) is 4.57. The van der Waals surface area contributed by atoms with E-state index in [9.17, 15) is 13.2 Å². The average Bonchev–Trinajstić information content (AvgIpc) is 3.15. The van der Waals surface area contributed by atoms with Gasteiger partial charge in [-0.2, -0.15) is 0 Å². The number of amides is 1. The van der Waals surface area contributed by atoms with Crippen LogP contribution in [-0.4, -0.2) is 63.5 Å². The van der Waals surface area contributed by atoms with E-state index in [1.165, 1.54) is 18.0 Å². The van der Waals surface area contributed by atoms with E-state index in [1.54, 1.807) is 11.0 Å². The summed E-state index contributed by atoms with van der Waals surface area (Å²) in [5.41, 5.74) is 1.26. The molecule has 142 valence electrons. The highest BCUT2D eigenvalue weighted by Gasteiger charge is 2.36. The Balaban J connectivity index is 1.70. The number of hydrogen-bond donors (Lipinski definition) is 1. The first-order valence-electron chi connectivity index (χ1n) is 8.44. The summed E-state index contributed by atoms with van der Waals surface area (Å²) in [6.45, 7) is 3.96. The molecule has 1 fully saturated rings. The molecule has 26 heavy (non-hydrogen) atoms. The standard InChI is InChI=1S/C16H21ClN4O3S2/c1-3-10(2)21(12-4-5-26(23,24)9-12)14(22)8-25-16-19-13-6-11(17)7-18-15(13)20-16/h6-7,10,12H,3-5,8-9H2,1-2H3,(H,18,19,20)/t10-,12+/m1/s1. The molecule has 7 nitrogen and oxygen atoms in total. The Morgan fingerprint density at radius 3 is 2.96 bits per heavy atom. The number of carbonyl (C=O) groups excluding carboxylic acids is 1. The highest BCUT2D eigenvalue weighted by atomic mass is 35.5. The first-order chi connectivity index (χ1) is 12.3. The number of H-pyrrole nitrogens is 1. The molecule has 0 aliphatic carbocycles. The maximum absolute atomic E-state index is 12.8. The summed E-state index contributed by atoms with van der Waals surface area (Å²) in [5.74, 6) is 0.328. The molecule has 1 saturated heterocycles. The molecule has 0 unspecified atom stereocenters. The van der Waals surface area contributed by atoms with Crippen molar-refractivity contribution in [2.75, 3.05) is 17.3 Å². The highest BCUT2D eigenvalue weighted by molar-refractivity contribution is 7.99. The molecule has 1 N–H and O–H groups in total. The third-order valence-corrected chi connectivity index (χ3v) is 7.39. The number of nitrogens with zero attached hydrogens (tertiary/aromatic N) is 3. The fourth-order valence-corrected chi connectivity index (χ4v) is 5.74. The van der Waals surface area contributed by atoms with Crippen molar-refractivity contribution in [3.63, 3.8) is 0 Å². The number of aromatic nitrogens is 3. The van der Waals surface area contributed by atoms with Crippen molar-refractivity contribution in [2.45, 2.75) is 43.9 Å². The number of carbonyl (C=O) groups is 1. The summed E-state index contributed by atoms with van der Waals surface area (Å²) in [7, 11) is -3.04. The molecular weight excluding hydrogens is 396 g/mol.